The number of hydrogen-bond acceptors (Lipinski definition) is 3. The Labute approximate surface area is 90.9 Å². The van der Waals surface area contributed by atoms with E-state index in [1.54, 1.807) is 0 Å². The summed E-state index contributed by atoms with van der Waals surface area (Å²) in [5.41, 5.74) is 0. The minimum Gasteiger partial charge on any atom is -0.480 e. The molecule has 0 amide bonds. The SMILES string of the molecule is CN1CCCN2C(CCCC2C(=O)O)C1. The van der Waals surface area contributed by atoms with Crippen molar-refractivity contribution in [3.05, 3.63) is 0 Å². The van der Waals surface area contributed by atoms with Crippen LogP contribution in [0.15, 0.2) is 0 Å². The topological polar surface area (TPSA) is 43.8 Å². The highest BCUT2D eigenvalue weighted by Gasteiger charge is 2.36. The van der Waals surface area contributed by atoms with E-state index in [1.807, 2.05) is 0 Å². The van der Waals surface area contributed by atoms with Crippen LogP contribution >= 0.6 is 0 Å². The van der Waals surface area contributed by atoms with Crippen molar-refractivity contribution in [1.29, 1.82) is 0 Å². The first-order valence-corrected chi connectivity index (χ1v) is 5.85. The maximum absolute atomic E-state index is 11.1. The molecule has 0 aliphatic carbocycles. The number of fused-ring (bicyclic) bond motifs is 1. The molecule has 2 atom stereocenters. The summed E-state index contributed by atoms with van der Waals surface area (Å²) in [6.07, 6.45) is 4.15. The summed E-state index contributed by atoms with van der Waals surface area (Å²) >= 11 is 0. The number of carboxylic acid groups (broad SMARTS) is 1. The van der Waals surface area contributed by atoms with E-state index in [0.717, 1.165) is 45.3 Å². The molecule has 2 aliphatic rings. The molecule has 2 aliphatic heterocycles. The summed E-state index contributed by atoms with van der Waals surface area (Å²) in [5.74, 6) is -0.635. The van der Waals surface area contributed by atoms with Gasteiger partial charge in [-0.05, 0) is 39.3 Å². The van der Waals surface area contributed by atoms with Crippen LogP contribution in [0.5, 0.6) is 0 Å². The van der Waals surface area contributed by atoms with Gasteiger partial charge in [0, 0.05) is 19.1 Å². The molecule has 0 aromatic heterocycles. The van der Waals surface area contributed by atoms with E-state index in [1.165, 1.54) is 0 Å². The second-order valence-electron chi connectivity index (χ2n) is 4.79. The van der Waals surface area contributed by atoms with Crippen molar-refractivity contribution in [2.75, 3.05) is 26.7 Å². The standard InChI is InChI=1S/C11H20N2O2/c1-12-6-3-7-13-9(8-12)4-2-5-10(13)11(14)15/h9-10H,2-8H2,1H3,(H,14,15). The van der Waals surface area contributed by atoms with E-state index in [2.05, 4.69) is 16.8 Å². The Morgan fingerprint density at radius 2 is 2.07 bits per heavy atom. The van der Waals surface area contributed by atoms with Crippen molar-refractivity contribution in [3.63, 3.8) is 0 Å². The first kappa shape index (κ1) is 10.9. The van der Waals surface area contributed by atoms with Crippen LogP contribution in [-0.2, 0) is 4.79 Å². The maximum Gasteiger partial charge on any atom is 0.320 e. The van der Waals surface area contributed by atoms with E-state index in [4.69, 9.17) is 0 Å². The third kappa shape index (κ3) is 2.32. The molecule has 2 heterocycles. The molecule has 86 valence electrons. The molecule has 0 aromatic carbocycles. The normalized spacial score (nSPS) is 34.5. The third-order valence-electron chi connectivity index (χ3n) is 3.65. The molecule has 2 saturated heterocycles. The van der Waals surface area contributed by atoms with Gasteiger partial charge in [0.15, 0.2) is 0 Å². The van der Waals surface area contributed by atoms with Gasteiger partial charge in [-0.1, -0.05) is 0 Å². The van der Waals surface area contributed by atoms with Crippen molar-refractivity contribution >= 4 is 5.97 Å². The summed E-state index contributed by atoms with van der Waals surface area (Å²) in [6, 6.07) is 0.239. The first-order chi connectivity index (χ1) is 7.18. The Balaban J connectivity index is 2.09. The van der Waals surface area contributed by atoms with Gasteiger partial charge in [0.1, 0.15) is 6.04 Å². The Morgan fingerprint density at radius 1 is 1.27 bits per heavy atom. The monoisotopic (exact) mass is 212 g/mol. The zero-order chi connectivity index (χ0) is 10.8. The number of aliphatic carboxylic acids is 1. The van der Waals surface area contributed by atoms with Gasteiger partial charge in [0.05, 0.1) is 0 Å². The lowest BCUT2D eigenvalue weighted by molar-refractivity contribution is -0.146. The summed E-state index contributed by atoms with van der Waals surface area (Å²) in [6.45, 7) is 3.08. The lowest BCUT2D eigenvalue weighted by Gasteiger charge is -2.39. The van der Waals surface area contributed by atoms with Crippen LogP contribution in [0.4, 0.5) is 0 Å². The molecule has 2 unspecified atom stereocenters. The predicted octanol–water partition coefficient (Wildman–Crippen LogP) is 0.630. The highest BCUT2D eigenvalue weighted by atomic mass is 16.4. The number of hydrogen-bond donors (Lipinski definition) is 1. The second-order valence-corrected chi connectivity index (χ2v) is 4.79. The number of likely N-dealkylation sites (N-methyl/N-ethyl adjacent to an activating group) is 1. The van der Waals surface area contributed by atoms with Gasteiger partial charge in [0.25, 0.3) is 0 Å². The molecule has 1 N–H and O–H groups in total. The van der Waals surface area contributed by atoms with Crippen LogP contribution < -0.4 is 0 Å². The molecule has 2 fully saturated rings. The molecular formula is C11H20N2O2. The van der Waals surface area contributed by atoms with Crippen LogP contribution in [0, 0.1) is 0 Å². The average Bonchev–Trinajstić information content (AvgIpc) is 2.37. The minimum absolute atomic E-state index is 0.227. The van der Waals surface area contributed by atoms with E-state index < -0.39 is 5.97 Å². The molecular weight excluding hydrogens is 192 g/mol. The fourth-order valence-electron chi connectivity index (χ4n) is 2.91. The zero-order valence-electron chi connectivity index (χ0n) is 9.35. The fraction of sp³-hybridized carbons (Fsp3) is 0.909. The van der Waals surface area contributed by atoms with Crippen molar-refractivity contribution < 1.29 is 9.90 Å². The van der Waals surface area contributed by atoms with Crippen molar-refractivity contribution in [2.24, 2.45) is 0 Å². The Bertz CT molecular complexity index is 245. The number of carbonyl (C=O) groups is 1. The largest absolute Gasteiger partial charge is 0.480 e. The van der Waals surface area contributed by atoms with Gasteiger partial charge in [0.2, 0.25) is 0 Å². The predicted molar refractivity (Wildman–Crippen MR) is 57.9 cm³/mol. The van der Waals surface area contributed by atoms with Crippen LogP contribution in [0.1, 0.15) is 25.7 Å². The summed E-state index contributed by atoms with van der Waals surface area (Å²) in [5, 5.41) is 9.18. The Hall–Kier alpha value is -0.610. The molecule has 2 rings (SSSR count). The third-order valence-corrected chi connectivity index (χ3v) is 3.65. The van der Waals surface area contributed by atoms with Gasteiger partial charge in [-0.15, -0.1) is 0 Å². The smallest absolute Gasteiger partial charge is 0.320 e. The molecule has 4 nitrogen and oxygen atoms in total. The highest BCUT2D eigenvalue weighted by Crippen LogP contribution is 2.25. The van der Waals surface area contributed by atoms with E-state index in [9.17, 15) is 9.90 Å². The highest BCUT2D eigenvalue weighted by molar-refractivity contribution is 5.73. The number of carboxylic acids is 1. The molecule has 15 heavy (non-hydrogen) atoms. The van der Waals surface area contributed by atoms with Gasteiger partial charge < -0.3 is 10.0 Å². The molecule has 0 aromatic rings. The minimum atomic E-state index is -0.635. The molecule has 4 heteroatoms. The van der Waals surface area contributed by atoms with Gasteiger partial charge in [-0.2, -0.15) is 0 Å². The molecule has 0 spiro atoms. The Kier molecular flexibility index (Phi) is 3.26. The summed E-state index contributed by atoms with van der Waals surface area (Å²) in [7, 11) is 2.13. The van der Waals surface area contributed by atoms with E-state index >= 15 is 0 Å². The average molecular weight is 212 g/mol. The van der Waals surface area contributed by atoms with Crippen LogP contribution in [0.25, 0.3) is 0 Å². The van der Waals surface area contributed by atoms with Crippen LogP contribution in [0.2, 0.25) is 0 Å². The summed E-state index contributed by atoms with van der Waals surface area (Å²) in [4.78, 5) is 15.7. The number of nitrogens with zero attached hydrogens (tertiary/aromatic N) is 2. The van der Waals surface area contributed by atoms with Gasteiger partial charge in [-0.3, -0.25) is 9.69 Å². The maximum atomic E-state index is 11.1. The Morgan fingerprint density at radius 3 is 2.80 bits per heavy atom. The van der Waals surface area contributed by atoms with E-state index in [0.29, 0.717) is 6.04 Å². The van der Waals surface area contributed by atoms with Crippen LogP contribution in [0.3, 0.4) is 0 Å². The molecule has 0 bridgehead atoms. The van der Waals surface area contributed by atoms with E-state index in [-0.39, 0.29) is 6.04 Å². The zero-order valence-corrected chi connectivity index (χ0v) is 9.35. The lowest BCUT2D eigenvalue weighted by atomic mass is 9.95. The summed E-state index contributed by atoms with van der Waals surface area (Å²) < 4.78 is 0. The van der Waals surface area contributed by atoms with Crippen molar-refractivity contribution in [3.8, 4) is 0 Å². The van der Waals surface area contributed by atoms with Gasteiger partial charge >= 0.3 is 5.97 Å². The van der Waals surface area contributed by atoms with Crippen LogP contribution in [-0.4, -0.2) is 59.6 Å². The molecule has 0 radical (unpaired) electrons. The number of rotatable bonds is 1. The van der Waals surface area contributed by atoms with Gasteiger partial charge in [-0.25, -0.2) is 0 Å². The van der Waals surface area contributed by atoms with Crippen molar-refractivity contribution in [1.82, 2.24) is 9.80 Å². The first-order valence-electron chi connectivity index (χ1n) is 5.85. The lowest BCUT2D eigenvalue weighted by Crippen LogP contribution is -2.52. The second kappa shape index (κ2) is 4.49. The number of piperidine rings is 1. The molecule has 0 saturated carbocycles. The quantitative estimate of drug-likeness (QED) is 0.692. The fourth-order valence-corrected chi connectivity index (χ4v) is 2.91. The van der Waals surface area contributed by atoms with Crippen molar-refractivity contribution in [2.45, 2.75) is 37.8 Å².